The Balaban J connectivity index is 1.65. The van der Waals surface area contributed by atoms with E-state index in [-0.39, 0.29) is 17.6 Å². The van der Waals surface area contributed by atoms with Crippen molar-refractivity contribution in [2.75, 3.05) is 27.2 Å². The van der Waals surface area contributed by atoms with Gasteiger partial charge in [-0.2, -0.15) is 0 Å². The molecule has 1 aromatic heterocycles. The van der Waals surface area contributed by atoms with Gasteiger partial charge >= 0.3 is 0 Å². The van der Waals surface area contributed by atoms with Crippen LogP contribution in [0.2, 0.25) is 5.02 Å². The summed E-state index contributed by atoms with van der Waals surface area (Å²) in [6, 6.07) is 16.7. The van der Waals surface area contributed by atoms with E-state index in [1.54, 1.807) is 6.07 Å². The minimum Gasteiger partial charge on any atom is -0.494 e. The topological polar surface area (TPSA) is 67.6 Å². The highest BCUT2D eigenvalue weighted by Crippen LogP contribution is 2.24. The minimum absolute atomic E-state index is 0.00805. The Morgan fingerprint density at radius 1 is 1.17 bits per heavy atom. The van der Waals surface area contributed by atoms with Crippen LogP contribution in [0.15, 0.2) is 59.1 Å². The number of aromatic nitrogens is 1. The predicted octanol–water partition coefficient (Wildman–Crippen LogP) is 4.43. The van der Waals surface area contributed by atoms with Gasteiger partial charge in [-0.05, 0) is 63.0 Å². The summed E-state index contributed by atoms with van der Waals surface area (Å²) in [5.74, 6) is 1.03. The molecule has 2 aromatic carbocycles. The Labute approximate surface area is 175 Å². The van der Waals surface area contributed by atoms with Crippen LogP contribution in [0.1, 0.15) is 29.0 Å². The molecule has 1 atom stereocenters. The van der Waals surface area contributed by atoms with Gasteiger partial charge in [0, 0.05) is 23.2 Å². The molecule has 1 unspecified atom stereocenters. The number of amides is 1. The zero-order chi connectivity index (χ0) is 20.8. The number of ether oxygens (including phenoxy) is 1. The van der Waals surface area contributed by atoms with Crippen molar-refractivity contribution in [1.29, 1.82) is 0 Å². The number of nitrogens with one attached hydrogen (secondary N) is 1. The van der Waals surface area contributed by atoms with E-state index in [9.17, 15) is 4.79 Å². The quantitative estimate of drug-likeness (QED) is 0.591. The van der Waals surface area contributed by atoms with E-state index in [0.29, 0.717) is 23.9 Å². The van der Waals surface area contributed by atoms with E-state index < -0.39 is 0 Å². The van der Waals surface area contributed by atoms with Crippen LogP contribution in [-0.2, 0) is 0 Å². The van der Waals surface area contributed by atoms with E-state index in [4.69, 9.17) is 20.9 Å². The number of hydrogen-bond donors (Lipinski definition) is 1. The number of carbonyl (C=O) groups excluding carboxylic acids is 1. The fourth-order valence-corrected chi connectivity index (χ4v) is 3.09. The van der Waals surface area contributed by atoms with Crippen molar-refractivity contribution < 1.29 is 14.1 Å². The fraction of sp³-hybridized carbons (Fsp3) is 0.273. The molecule has 0 aliphatic rings. The molecular weight excluding hydrogens is 390 g/mol. The lowest BCUT2D eigenvalue weighted by molar-refractivity contribution is 0.0933. The first-order chi connectivity index (χ1) is 14.0. The number of carbonyl (C=O) groups is 1. The summed E-state index contributed by atoms with van der Waals surface area (Å²) >= 11 is 5.97. The molecule has 3 rings (SSSR count). The maximum absolute atomic E-state index is 12.5. The van der Waals surface area contributed by atoms with Crippen molar-refractivity contribution in [3.05, 3.63) is 70.9 Å². The summed E-state index contributed by atoms with van der Waals surface area (Å²) in [5, 5.41) is 7.52. The molecule has 1 N–H and O–H groups in total. The van der Waals surface area contributed by atoms with Crippen LogP contribution in [0.3, 0.4) is 0 Å². The lowest BCUT2D eigenvalue weighted by Gasteiger charge is -2.25. The molecule has 1 heterocycles. The molecule has 6 nitrogen and oxygen atoms in total. The largest absolute Gasteiger partial charge is 0.494 e. The summed E-state index contributed by atoms with van der Waals surface area (Å²) in [5.41, 5.74) is 2.13. The van der Waals surface area contributed by atoms with Crippen molar-refractivity contribution in [1.82, 2.24) is 15.4 Å². The molecule has 7 heteroatoms. The number of hydrogen-bond acceptors (Lipinski definition) is 5. The van der Waals surface area contributed by atoms with Gasteiger partial charge in [0.15, 0.2) is 11.5 Å². The zero-order valence-electron chi connectivity index (χ0n) is 16.7. The summed E-state index contributed by atoms with van der Waals surface area (Å²) in [4.78, 5) is 14.6. The van der Waals surface area contributed by atoms with E-state index in [1.165, 1.54) is 0 Å². The lowest BCUT2D eigenvalue weighted by atomic mass is 10.1. The van der Waals surface area contributed by atoms with Gasteiger partial charge in [0.1, 0.15) is 5.75 Å². The van der Waals surface area contributed by atoms with E-state index in [1.807, 2.05) is 74.4 Å². The van der Waals surface area contributed by atoms with Crippen LogP contribution in [0.4, 0.5) is 0 Å². The van der Waals surface area contributed by atoms with Crippen LogP contribution in [-0.4, -0.2) is 43.2 Å². The standard InChI is InChI=1S/C22H24ClN3O3/c1-4-28-18-11-7-16(8-12-18)21-13-19(25-29-21)22(27)24-14-20(26(2)3)15-5-9-17(23)10-6-15/h5-13,20H,4,14H2,1-3H3,(H,24,27). The lowest BCUT2D eigenvalue weighted by Crippen LogP contribution is -2.34. The third-order valence-electron chi connectivity index (χ3n) is 4.53. The highest BCUT2D eigenvalue weighted by Gasteiger charge is 2.18. The number of nitrogens with zero attached hydrogens (tertiary/aromatic N) is 2. The average molecular weight is 414 g/mol. The second-order valence-electron chi connectivity index (χ2n) is 6.77. The highest BCUT2D eigenvalue weighted by atomic mass is 35.5. The molecule has 0 aliphatic carbocycles. The Morgan fingerprint density at radius 2 is 1.86 bits per heavy atom. The summed E-state index contributed by atoms with van der Waals surface area (Å²) in [6.07, 6.45) is 0. The van der Waals surface area contributed by atoms with Crippen LogP contribution in [0.5, 0.6) is 5.75 Å². The van der Waals surface area contributed by atoms with Crippen molar-refractivity contribution in [2.45, 2.75) is 13.0 Å². The van der Waals surface area contributed by atoms with Gasteiger partial charge in [0.2, 0.25) is 0 Å². The molecule has 29 heavy (non-hydrogen) atoms. The molecule has 0 radical (unpaired) electrons. The van der Waals surface area contributed by atoms with Gasteiger partial charge in [-0.25, -0.2) is 0 Å². The number of rotatable bonds is 8. The minimum atomic E-state index is -0.285. The van der Waals surface area contributed by atoms with Crippen LogP contribution in [0.25, 0.3) is 11.3 Å². The zero-order valence-corrected chi connectivity index (χ0v) is 17.4. The first kappa shape index (κ1) is 20.9. The van der Waals surface area contributed by atoms with Crippen molar-refractivity contribution in [3.8, 4) is 17.1 Å². The van der Waals surface area contributed by atoms with Gasteiger partial charge in [0.05, 0.1) is 12.6 Å². The van der Waals surface area contributed by atoms with Gasteiger partial charge in [-0.1, -0.05) is 28.9 Å². The molecule has 152 valence electrons. The second kappa shape index (κ2) is 9.58. The van der Waals surface area contributed by atoms with Crippen molar-refractivity contribution in [3.63, 3.8) is 0 Å². The molecule has 0 aliphatic heterocycles. The third kappa shape index (κ3) is 5.37. The van der Waals surface area contributed by atoms with Crippen LogP contribution < -0.4 is 10.1 Å². The first-order valence-electron chi connectivity index (χ1n) is 9.38. The highest BCUT2D eigenvalue weighted by molar-refractivity contribution is 6.30. The second-order valence-corrected chi connectivity index (χ2v) is 7.21. The van der Waals surface area contributed by atoms with E-state index in [2.05, 4.69) is 10.5 Å². The predicted molar refractivity (Wildman–Crippen MR) is 113 cm³/mol. The van der Waals surface area contributed by atoms with Gasteiger partial charge in [0.25, 0.3) is 5.91 Å². The molecule has 0 spiro atoms. The monoisotopic (exact) mass is 413 g/mol. The van der Waals surface area contributed by atoms with Crippen LogP contribution >= 0.6 is 11.6 Å². The fourth-order valence-electron chi connectivity index (χ4n) is 2.96. The average Bonchev–Trinajstić information content (AvgIpc) is 3.20. The molecule has 0 saturated heterocycles. The molecule has 3 aromatic rings. The maximum atomic E-state index is 12.5. The Morgan fingerprint density at radius 3 is 2.48 bits per heavy atom. The van der Waals surface area contributed by atoms with Crippen LogP contribution in [0, 0.1) is 0 Å². The third-order valence-corrected chi connectivity index (χ3v) is 4.78. The Hall–Kier alpha value is -2.83. The summed E-state index contributed by atoms with van der Waals surface area (Å²) in [6.45, 7) is 2.97. The molecule has 0 saturated carbocycles. The smallest absolute Gasteiger partial charge is 0.273 e. The summed E-state index contributed by atoms with van der Waals surface area (Å²) < 4.78 is 10.8. The first-order valence-corrected chi connectivity index (χ1v) is 9.75. The van der Waals surface area contributed by atoms with Crippen molar-refractivity contribution in [2.24, 2.45) is 0 Å². The number of benzene rings is 2. The van der Waals surface area contributed by atoms with E-state index in [0.717, 1.165) is 16.9 Å². The molecule has 0 bridgehead atoms. The molecule has 0 fully saturated rings. The SMILES string of the molecule is CCOc1ccc(-c2cc(C(=O)NCC(c3ccc(Cl)cc3)N(C)C)no2)cc1. The van der Waals surface area contributed by atoms with Crippen molar-refractivity contribution >= 4 is 17.5 Å². The van der Waals surface area contributed by atoms with Gasteiger partial charge < -0.3 is 19.5 Å². The van der Waals surface area contributed by atoms with Gasteiger partial charge in [-0.3, -0.25) is 4.79 Å². The van der Waals surface area contributed by atoms with Gasteiger partial charge in [-0.15, -0.1) is 0 Å². The molecular formula is C22H24ClN3O3. The number of likely N-dealkylation sites (N-methyl/N-ethyl adjacent to an activating group) is 1. The normalized spacial score (nSPS) is 12.0. The Bertz CT molecular complexity index is 937. The number of halogens is 1. The molecule has 1 amide bonds. The maximum Gasteiger partial charge on any atom is 0.273 e. The summed E-state index contributed by atoms with van der Waals surface area (Å²) in [7, 11) is 3.93. The Kier molecular flexibility index (Phi) is 6.90. The van der Waals surface area contributed by atoms with E-state index >= 15 is 0 Å².